The maximum absolute atomic E-state index is 11.9. The number of nitrogens with zero attached hydrogens (tertiary/aromatic N) is 1. The van der Waals surface area contributed by atoms with Crippen molar-refractivity contribution in [2.75, 3.05) is 20.2 Å². The lowest BCUT2D eigenvalue weighted by Crippen LogP contribution is -2.38. The van der Waals surface area contributed by atoms with Crippen LogP contribution in [0, 0.1) is 5.92 Å². The van der Waals surface area contributed by atoms with E-state index < -0.39 is 0 Å². The Morgan fingerprint density at radius 3 is 2.60 bits per heavy atom. The van der Waals surface area contributed by atoms with E-state index in [0.717, 1.165) is 31.9 Å². The van der Waals surface area contributed by atoms with E-state index in [2.05, 4.69) is 0 Å². The second-order valence-corrected chi connectivity index (χ2v) is 4.87. The summed E-state index contributed by atoms with van der Waals surface area (Å²) in [6, 6.07) is 0. The van der Waals surface area contributed by atoms with Crippen LogP contribution in [0.25, 0.3) is 0 Å². The number of hydrogen-bond acceptors (Lipinski definition) is 2. The van der Waals surface area contributed by atoms with Crippen LogP contribution in [0.3, 0.4) is 0 Å². The molecule has 0 N–H and O–H groups in total. The predicted molar refractivity (Wildman–Crippen MR) is 58.6 cm³/mol. The number of carbonyl (C=O) groups excluding carboxylic acids is 1. The monoisotopic (exact) mass is 211 g/mol. The third kappa shape index (κ3) is 2.71. The molecule has 0 aromatic rings. The van der Waals surface area contributed by atoms with Gasteiger partial charge in [0.2, 0.25) is 0 Å². The molecule has 1 atom stereocenters. The summed E-state index contributed by atoms with van der Waals surface area (Å²) in [6.07, 6.45) is 7.07. The van der Waals surface area contributed by atoms with Crippen molar-refractivity contribution >= 4 is 5.91 Å². The highest BCUT2D eigenvalue weighted by atomic mass is 16.5. The van der Waals surface area contributed by atoms with E-state index in [1.807, 2.05) is 11.9 Å². The lowest BCUT2D eigenvalue weighted by molar-refractivity contribution is -0.140. The van der Waals surface area contributed by atoms with Crippen LogP contribution in [-0.4, -0.2) is 37.1 Å². The Hall–Kier alpha value is -0.570. The van der Waals surface area contributed by atoms with E-state index in [1.54, 1.807) is 0 Å². The van der Waals surface area contributed by atoms with Crippen LogP contribution in [0.5, 0.6) is 0 Å². The van der Waals surface area contributed by atoms with Crippen molar-refractivity contribution in [2.24, 2.45) is 5.92 Å². The van der Waals surface area contributed by atoms with Gasteiger partial charge in [-0.15, -0.1) is 0 Å². The van der Waals surface area contributed by atoms with Crippen molar-refractivity contribution in [3.8, 4) is 0 Å². The third-order valence-electron chi connectivity index (χ3n) is 3.59. The average molecular weight is 211 g/mol. The van der Waals surface area contributed by atoms with Gasteiger partial charge in [0.05, 0.1) is 0 Å². The van der Waals surface area contributed by atoms with Gasteiger partial charge in [-0.1, -0.05) is 12.8 Å². The summed E-state index contributed by atoms with van der Waals surface area (Å²) in [6.45, 7) is 1.69. The number of ether oxygens (including phenoxy) is 1. The van der Waals surface area contributed by atoms with Gasteiger partial charge in [-0.25, -0.2) is 0 Å². The molecule has 1 saturated heterocycles. The van der Waals surface area contributed by atoms with E-state index in [-0.39, 0.29) is 12.0 Å². The standard InChI is InChI=1S/C12H21NO2/c1-13(9-10-5-2-3-6-10)12(14)11-7-4-8-15-11/h10-11H,2-9H2,1H3/t11-/m0/s1. The van der Waals surface area contributed by atoms with Gasteiger partial charge in [-0.2, -0.15) is 0 Å². The molecule has 86 valence electrons. The van der Waals surface area contributed by atoms with Crippen molar-refractivity contribution in [1.29, 1.82) is 0 Å². The summed E-state index contributed by atoms with van der Waals surface area (Å²) >= 11 is 0. The molecular formula is C12H21NO2. The van der Waals surface area contributed by atoms with Gasteiger partial charge in [0.15, 0.2) is 0 Å². The Labute approximate surface area is 91.8 Å². The predicted octanol–water partition coefficient (Wildman–Crippen LogP) is 1.81. The molecule has 0 unspecified atom stereocenters. The Bertz CT molecular complexity index is 218. The van der Waals surface area contributed by atoms with Crippen LogP contribution in [0.1, 0.15) is 38.5 Å². The summed E-state index contributed by atoms with van der Waals surface area (Å²) in [7, 11) is 1.92. The first-order valence-electron chi connectivity index (χ1n) is 6.14. The minimum Gasteiger partial charge on any atom is -0.368 e. The number of carbonyl (C=O) groups is 1. The van der Waals surface area contributed by atoms with Gasteiger partial charge in [-0.3, -0.25) is 4.79 Å². The van der Waals surface area contributed by atoms with E-state index in [9.17, 15) is 4.79 Å². The second kappa shape index (κ2) is 4.97. The molecule has 0 bridgehead atoms. The van der Waals surface area contributed by atoms with Crippen LogP contribution in [0.2, 0.25) is 0 Å². The summed E-state index contributed by atoms with van der Waals surface area (Å²) in [4.78, 5) is 13.8. The largest absolute Gasteiger partial charge is 0.368 e. The molecule has 15 heavy (non-hydrogen) atoms. The Kier molecular flexibility index (Phi) is 3.62. The fourth-order valence-electron chi connectivity index (χ4n) is 2.69. The highest BCUT2D eigenvalue weighted by Crippen LogP contribution is 2.25. The zero-order valence-electron chi connectivity index (χ0n) is 9.58. The normalized spacial score (nSPS) is 27.1. The Balaban J connectivity index is 1.78. The first-order valence-corrected chi connectivity index (χ1v) is 6.14. The number of rotatable bonds is 3. The van der Waals surface area contributed by atoms with Crippen molar-refractivity contribution in [2.45, 2.75) is 44.6 Å². The fourth-order valence-corrected chi connectivity index (χ4v) is 2.69. The molecule has 0 aromatic carbocycles. The highest BCUT2D eigenvalue weighted by molar-refractivity contribution is 5.80. The molecule has 2 aliphatic rings. The van der Waals surface area contributed by atoms with E-state index in [4.69, 9.17) is 4.74 Å². The topological polar surface area (TPSA) is 29.5 Å². The van der Waals surface area contributed by atoms with Crippen LogP contribution >= 0.6 is 0 Å². The van der Waals surface area contributed by atoms with Gasteiger partial charge in [-0.05, 0) is 31.6 Å². The Morgan fingerprint density at radius 2 is 2.00 bits per heavy atom. The summed E-state index contributed by atoms with van der Waals surface area (Å²) in [5.74, 6) is 0.930. The molecule has 0 radical (unpaired) electrons. The van der Waals surface area contributed by atoms with Crippen LogP contribution in [0.4, 0.5) is 0 Å². The second-order valence-electron chi connectivity index (χ2n) is 4.87. The maximum atomic E-state index is 11.9. The molecule has 1 aliphatic heterocycles. The van der Waals surface area contributed by atoms with Gasteiger partial charge in [0.1, 0.15) is 6.10 Å². The molecule has 3 heteroatoms. The first kappa shape index (κ1) is 10.9. The first-order chi connectivity index (χ1) is 7.27. The van der Waals surface area contributed by atoms with E-state index in [0.29, 0.717) is 0 Å². The average Bonchev–Trinajstić information content (AvgIpc) is 2.88. The van der Waals surface area contributed by atoms with Crippen molar-refractivity contribution in [3.05, 3.63) is 0 Å². The van der Waals surface area contributed by atoms with Gasteiger partial charge in [0.25, 0.3) is 5.91 Å². The lowest BCUT2D eigenvalue weighted by atomic mass is 10.1. The Morgan fingerprint density at radius 1 is 1.27 bits per heavy atom. The van der Waals surface area contributed by atoms with Gasteiger partial charge >= 0.3 is 0 Å². The van der Waals surface area contributed by atoms with Crippen LogP contribution < -0.4 is 0 Å². The summed E-state index contributed by atoms with van der Waals surface area (Å²) in [5, 5.41) is 0. The molecular weight excluding hydrogens is 190 g/mol. The van der Waals surface area contributed by atoms with Crippen LogP contribution in [-0.2, 0) is 9.53 Å². The zero-order chi connectivity index (χ0) is 10.7. The van der Waals surface area contributed by atoms with Crippen molar-refractivity contribution in [3.63, 3.8) is 0 Å². The number of likely N-dealkylation sites (N-methyl/N-ethyl adjacent to an activating group) is 1. The molecule has 1 saturated carbocycles. The third-order valence-corrected chi connectivity index (χ3v) is 3.59. The minimum atomic E-state index is -0.142. The van der Waals surface area contributed by atoms with Gasteiger partial charge in [0, 0.05) is 20.2 Å². The lowest BCUT2D eigenvalue weighted by Gasteiger charge is -2.23. The van der Waals surface area contributed by atoms with E-state index >= 15 is 0 Å². The smallest absolute Gasteiger partial charge is 0.251 e. The van der Waals surface area contributed by atoms with E-state index in [1.165, 1.54) is 25.7 Å². The SMILES string of the molecule is CN(CC1CCCC1)C(=O)[C@@H]1CCCO1. The molecule has 0 spiro atoms. The molecule has 1 heterocycles. The number of amides is 1. The molecule has 0 aromatic heterocycles. The van der Waals surface area contributed by atoms with Crippen molar-refractivity contribution in [1.82, 2.24) is 4.90 Å². The van der Waals surface area contributed by atoms with Crippen molar-refractivity contribution < 1.29 is 9.53 Å². The minimum absolute atomic E-state index is 0.142. The number of hydrogen-bond donors (Lipinski definition) is 0. The summed E-state index contributed by atoms with van der Waals surface area (Å²) < 4.78 is 5.41. The molecule has 1 aliphatic carbocycles. The molecule has 2 fully saturated rings. The van der Waals surface area contributed by atoms with Crippen LogP contribution in [0.15, 0.2) is 0 Å². The molecule has 1 amide bonds. The maximum Gasteiger partial charge on any atom is 0.251 e. The molecule has 2 rings (SSSR count). The van der Waals surface area contributed by atoms with Gasteiger partial charge < -0.3 is 9.64 Å². The highest BCUT2D eigenvalue weighted by Gasteiger charge is 2.28. The summed E-state index contributed by atoms with van der Waals surface area (Å²) in [5.41, 5.74) is 0. The zero-order valence-corrected chi connectivity index (χ0v) is 9.58. The fraction of sp³-hybridized carbons (Fsp3) is 0.917. The quantitative estimate of drug-likeness (QED) is 0.712. The molecule has 3 nitrogen and oxygen atoms in total.